The van der Waals surface area contributed by atoms with Gasteiger partial charge >= 0.3 is 0 Å². The first-order valence-corrected chi connectivity index (χ1v) is 5.60. The number of nitrogens with zero attached hydrogens (tertiary/aromatic N) is 1. The highest BCUT2D eigenvalue weighted by molar-refractivity contribution is 7.80. The van der Waals surface area contributed by atoms with Crippen LogP contribution in [0.4, 0.5) is 5.69 Å². The number of rotatable bonds is 5. The Bertz CT molecular complexity index is 317. The number of thiocarbonyl (C=S) groups is 1. The molecule has 0 aliphatic rings. The van der Waals surface area contributed by atoms with Crippen LogP contribution in [-0.2, 0) is 0 Å². The van der Waals surface area contributed by atoms with Crippen LogP contribution >= 0.6 is 12.2 Å². The van der Waals surface area contributed by atoms with Crippen LogP contribution in [0.25, 0.3) is 0 Å². The summed E-state index contributed by atoms with van der Waals surface area (Å²) in [6, 6.07) is 4.30. The summed E-state index contributed by atoms with van der Waals surface area (Å²) in [5.74, 6) is 0. The summed E-state index contributed by atoms with van der Waals surface area (Å²) in [4.78, 5) is 4.51. The van der Waals surface area contributed by atoms with Gasteiger partial charge in [-0.15, -0.1) is 0 Å². The van der Waals surface area contributed by atoms with E-state index in [2.05, 4.69) is 24.1 Å². The maximum Gasteiger partial charge on any atom is 0.122 e. The maximum atomic E-state index is 5.47. The summed E-state index contributed by atoms with van der Waals surface area (Å²) in [5, 5.41) is 3.40. The van der Waals surface area contributed by atoms with Gasteiger partial charge in [0.15, 0.2) is 0 Å². The van der Waals surface area contributed by atoms with Crippen LogP contribution in [0.5, 0.6) is 0 Å². The quantitative estimate of drug-likeness (QED) is 0.752. The fourth-order valence-corrected chi connectivity index (χ4v) is 1.47. The van der Waals surface area contributed by atoms with Crippen molar-refractivity contribution in [1.29, 1.82) is 0 Å². The number of nitrogens with one attached hydrogen (secondary N) is 1. The second-order valence-corrected chi connectivity index (χ2v) is 3.89. The summed E-state index contributed by atoms with van der Waals surface area (Å²) in [5.41, 5.74) is 7.15. The molecule has 0 fully saturated rings. The van der Waals surface area contributed by atoms with Crippen LogP contribution in [0.3, 0.4) is 0 Å². The first-order valence-electron chi connectivity index (χ1n) is 5.19. The van der Waals surface area contributed by atoms with Gasteiger partial charge in [-0.25, -0.2) is 0 Å². The van der Waals surface area contributed by atoms with Crippen molar-refractivity contribution in [3.8, 4) is 0 Å². The third kappa shape index (κ3) is 3.47. The number of anilines is 1. The molecule has 0 spiro atoms. The average molecular weight is 223 g/mol. The summed E-state index contributed by atoms with van der Waals surface area (Å²) in [6.07, 6.45) is 3.98. The molecule has 0 radical (unpaired) electrons. The lowest BCUT2D eigenvalue weighted by atomic mass is 10.1. The summed E-state index contributed by atoms with van der Waals surface area (Å²) in [6.45, 7) is 4.33. The minimum atomic E-state index is 0.337. The van der Waals surface area contributed by atoms with E-state index in [1.54, 1.807) is 6.20 Å². The normalized spacial score (nSPS) is 10.3. The monoisotopic (exact) mass is 223 g/mol. The minimum absolute atomic E-state index is 0.337. The molecule has 1 rings (SSSR count). The Morgan fingerprint density at radius 1 is 1.47 bits per heavy atom. The highest BCUT2D eigenvalue weighted by Gasteiger charge is 2.03. The molecular formula is C11H17N3S. The van der Waals surface area contributed by atoms with E-state index in [-0.39, 0.29) is 0 Å². The Kier molecular flexibility index (Phi) is 4.49. The molecule has 0 aromatic carbocycles. The van der Waals surface area contributed by atoms with E-state index in [9.17, 15) is 0 Å². The van der Waals surface area contributed by atoms with Gasteiger partial charge < -0.3 is 11.1 Å². The van der Waals surface area contributed by atoms with Crippen LogP contribution in [0, 0.1) is 0 Å². The van der Waals surface area contributed by atoms with Gasteiger partial charge in [-0.2, -0.15) is 0 Å². The molecule has 0 bridgehead atoms. The predicted molar refractivity (Wildman–Crippen MR) is 68.1 cm³/mol. The van der Waals surface area contributed by atoms with E-state index in [1.807, 2.05) is 12.1 Å². The fraction of sp³-hybridized carbons (Fsp3) is 0.455. The SMILES string of the molecule is CCC(CC)Nc1ccc(C(N)=S)nc1. The molecule has 82 valence electrons. The van der Waals surface area contributed by atoms with Gasteiger partial charge in [0.1, 0.15) is 4.99 Å². The van der Waals surface area contributed by atoms with E-state index >= 15 is 0 Å². The van der Waals surface area contributed by atoms with Crippen molar-refractivity contribution in [1.82, 2.24) is 4.98 Å². The van der Waals surface area contributed by atoms with Crippen LogP contribution in [0.2, 0.25) is 0 Å². The van der Waals surface area contributed by atoms with Gasteiger partial charge in [-0.05, 0) is 25.0 Å². The van der Waals surface area contributed by atoms with Gasteiger partial charge in [0.25, 0.3) is 0 Å². The molecule has 0 amide bonds. The highest BCUT2D eigenvalue weighted by Crippen LogP contribution is 2.10. The number of pyridine rings is 1. The van der Waals surface area contributed by atoms with E-state index < -0.39 is 0 Å². The molecule has 1 aromatic heterocycles. The number of aromatic nitrogens is 1. The molecule has 1 heterocycles. The molecule has 0 aliphatic carbocycles. The zero-order valence-corrected chi connectivity index (χ0v) is 9.97. The van der Waals surface area contributed by atoms with Crippen molar-refractivity contribution in [2.24, 2.45) is 5.73 Å². The molecule has 0 saturated carbocycles. The second kappa shape index (κ2) is 5.66. The topological polar surface area (TPSA) is 50.9 Å². The van der Waals surface area contributed by atoms with Crippen molar-refractivity contribution in [3.63, 3.8) is 0 Å². The largest absolute Gasteiger partial charge is 0.388 e. The van der Waals surface area contributed by atoms with Crippen molar-refractivity contribution in [2.75, 3.05) is 5.32 Å². The molecule has 0 unspecified atom stereocenters. The number of hydrogen-bond donors (Lipinski definition) is 2. The van der Waals surface area contributed by atoms with Crippen molar-refractivity contribution in [2.45, 2.75) is 32.7 Å². The van der Waals surface area contributed by atoms with E-state index in [1.165, 1.54) is 0 Å². The smallest absolute Gasteiger partial charge is 0.122 e. The van der Waals surface area contributed by atoms with Crippen LogP contribution in [0.1, 0.15) is 32.4 Å². The van der Waals surface area contributed by atoms with E-state index in [4.69, 9.17) is 18.0 Å². The van der Waals surface area contributed by atoms with Crippen LogP contribution in [-0.4, -0.2) is 16.0 Å². The standard InChI is InChI=1S/C11H17N3S/c1-3-8(4-2)14-9-5-6-10(11(12)15)13-7-9/h5-8,14H,3-4H2,1-2H3,(H2,12,15). The first-order chi connectivity index (χ1) is 7.17. The first kappa shape index (κ1) is 11.9. The fourth-order valence-electron chi connectivity index (χ4n) is 1.35. The average Bonchev–Trinajstić information content (AvgIpc) is 2.26. The molecule has 0 atom stereocenters. The Hall–Kier alpha value is -1.16. The molecule has 0 saturated heterocycles. The molecule has 3 nitrogen and oxygen atoms in total. The van der Waals surface area contributed by atoms with E-state index in [0.29, 0.717) is 16.7 Å². The number of nitrogens with two attached hydrogens (primary N) is 1. The van der Waals surface area contributed by atoms with E-state index in [0.717, 1.165) is 18.5 Å². The molecular weight excluding hydrogens is 206 g/mol. The Balaban J connectivity index is 2.67. The minimum Gasteiger partial charge on any atom is -0.388 e. The van der Waals surface area contributed by atoms with Crippen molar-refractivity contribution >= 4 is 22.9 Å². The lowest BCUT2D eigenvalue weighted by Crippen LogP contribution is -2.17. The molecule has 1 aromatic rings. The molecule has 3 N–H and O–H groups in total. The molecule has 15 heavy (non-hydrogen) atoms. The Morgan fingerprint density at radius 2 is 2.13 bits per heavy atom. The van der Waals surface area contributed by atoms with Crippen molar-refractivity contribution < 1.29 is 0 Å². The van der Waals surface area contributed by atoms with Crippen LogP contribution < -0.4 is 11.1 Å². The van der Waals surface area contributed by atoms with Crippen LogP contribution in [0.15, 0.2) is 18.3 Å². The lowest BCUT2D eigenvalue weighted by molar-refractivity contribution is 0.671. The third-order valence-electron chi connectivity index (χ3n) is 2.37. The van der Waals surface area contributed by atoms with Gasteiger partial charge in [0.2, 0.25) is 0 Å². The maximum absolute atomic E-state index is 5.47. The zero-order chi connectivity index (χ0) is 11.3. The summed E-state index contributed by atoms with van der Waals surface area (Å²) >= 11 is 4.83. The Morgan fingerprint density at radius 3 is 2.53 bits per heavy atom. The third-order valence-corrected chi connectivity index (χ3v) is 2.58. The Labute approximate surface area is 96.1 Å². The van der Waals surface area contributed by atoms with Gasteiger partial charge in [-0.3, -0.25) is 4.98 Å². The lowest BCUT2D eigenvalue weighted by Gasteiger charge is -2.15. The molecule has 4 heteroatoms. The van der Waals surface area contributed by atoms with Gasteiger partial charge in [-0.1, -0.05) is 26.1 Å². The summed E-state index contributed by atoms with van der Waals surface area (Å²) < 4.78 is 0. The van der Waals surface area contributed by atoms with Gasteiger partial charge in [0.05, 0.1) is 17.6 Å². The summed E-state index contributed by atoms with van der Waals surface area (Å²) in [7, 11) is 0. The molecule has 0 aliphatic heterocycles. The van der Waals surface area contributed by atoms with Crippen molar-refractivity contribution in [3.05, 3.63) is 24.0 Å². The number of hydrogen-bond acceptors (Lipinski definition) is 3. The predicted octanol–water partition coefficient (Wildman–Crippen LogP) is 2.32. The highest BCUT2D eigenvalue weighted by atomic mass is 32.1. The zero-order valence-electron chi connectivity index (χ0n) is 9.16. The van der Waals surface area contributed by atoms with Gasteiger partial charge in [0, 0.05) is 6.04 Å². The second-order valence-electron chi connectivity index (χ2n) is 3.45.